The number of alkyl halides is 1. The number of aromatic nitrogens is 3. The van der Waals surface area contributed by atoms with Gasteiger partial charge >= 0.3 is 0 Å². The number of Topliss-reactive ketones (excluding diaryl/α,β-unsaturated/α-hetero) is 1. The second kappa shape index (κ2) is 5.43. The number of hydrogen-bond donors (Lipinski definition) is 0. The van der Waals surface area contributed by atoms with Crippen LogP contribution in [0.2, 0.25) is 0 Å². The molecule has 0 saturated heterocycles. The van der Waals surface area contributed by atoms with Gasteiger partial charge in [-0.1, -0.05) is 18.2 Å². The van der Waals surface area contributed by atoms with Gasteiger partial charge in [0.1, 0.15) is 6.33 Å². The predicted octanol–water partition coefficient (Wildman–Crippen LogP) is 1.68. The molecule has 2 rings (SSSR count). The lowest BCUT2D eigenvalue weighted by atomic mass is 10.1. The number of nitriles is 1. The molecular weight excluding hydrogens is 252 g/mol. The van der Waals surface area contributed by atoms with E-state index in [0.717, 1.165) is 5.69 Å². The van der Waals surface area contributed by atoms with Gasteiger partial charge in [0.05, 0.1) is 11.9 Å². The highest BCUT2D eigenvalue weighted by atomic mass is 35.5. The Kier molecular flexibility index (Phi) is 3.70. The number of carbonyl (C=O) groups is 1. The zero-order valence-corrected chi connectivity index (χ0v) is 10.1. The number of rotatable bonds is 4. The number of benzene rings is 1. The largest absolute Gasteiger partial charge is 0.296 e. The third-order valence-electron chi connectivity index (χ3n) is 2.45. The van der Waals surface area contributed by atoms with Crippen LogP contribution >= 0.6 is 11.6 Å². The summed E-state index contributed by atoms with van der Waals surface area (Å²) in [5, 5.41) is 16.7. The van der Waals surface area contributed by atoms with E-state index in [1.807, 2.05) is 36.4 Å². The van der Waals surface area contributed by atoms with Crippen molar-refractivity contribution in [2.75, 3.05) is 5.88 Å². The minimum absolute atomic E-state index is 0.222. The van der Waals surface area contributed by atoms with Crippen molar-refractivity contribution >= 4 is 17.4 Å². The maximum Gasteiger partial charge on any atom is 0.172 e. The first-order valence-corrected chi connectivity index (χ1v) is 5.75. The van der Waals surface area contributed by atoms with Gasteiger partial charge in [0.25, 0.3) is 0 Å². The van der Waals surface area contributed by atoms with Crippen LogP contribution < -0.4 is 0 Å². The molecule has 0 spiro atoms. The van der Waals surface area contributed by atoms with Gasteiger partial charge in [-0.05, 0) is 12.1 Å². The molecule has 1 atom stereocenters. The molecule has 0 aliphatic heterocycles. The topological polar surface area (TPSA) is 71.6 Å². The molecule has 0 fully saturated rings. The summed E-state index contributed by atoms with van der Waals surface area (Å²) < 4.78 is 1.61. The number of ketones is 1. The second-order valence-electron chi connectivity index (χ2n) is 3.56. The molecule has 1 aromatic heterocycles. The SMILES string of the molecule is N#C[C@H](C(=O)CCl)c1nncn1-c1ccccc1. The highest BCUT2D eigenvalue weighted by Crippen LogP contribution is 2.18. The van der Waals surface area contributed by atoms with E-state index in [4.69, 9.17) is 16.9 Å². The van der Waals surface area contributed by atoms with Crippen molar-refractivity contribution in [3.05, 3.63) is 42.5 Å². The Morgan fingerprint density at radius 1 is 1.44 bits per heavy atom. The van der Waals surface area contributed by atoms with Gasteiger partial charge in [-0.15, -0.1) is 21.8 Å². The van der Waals surface area contributed by atoms with Crippen LogP contribution in [0.3, 0.4) is 0 Å². The van der Waals surface area contributed by atoms with Crippen molar-refractivity contribution in [1.29, 1.82) is 5.26 Å². The average Bonchev–Trinajstić information content (AvgIpc) is 2.89. The Morgan fingerprint density at radius 2 is 2.17 bits per heavy atom. The molecule has 0 N–H and O–H groups in total. The predicted molar refractivity (Wildman–Crippen MR) is 65.4 cm³/mol. The van der Waals surface area contributed by atoms with Crippen LogP contribution in [0.1, 0.15) is 11.7 Å². The van der Waals surface area contributed by atoms with Crippen LogP contribution in [0.15, 0.2) is 36.7 Å². The van der Waals surface area contributed by atoms with Crippen LogP contribution in [0.4, 0.5) is 0 Å². The lowest BCUT2D eigenvalue weighted by molar-refractivity contribution is -0.117. The average molecular weight is 261 g/mol. The molecule has 18 heavy (non-hydrogen) atoms. The van der Waals surface area contributed by atoms with Crippen molar-refractivity contribution in [2.24, 2.45) is 0 Å². The summed E-state index contributed by atoms with van der Waals surface area (Å²) in [6.45, 7) is 0. The highest BCUT2D eigenvalue weighted by Gasteiger charge is 2.25. The van der Waals surface area contributed by atoms with E-state index in [9.17, 15) is 4.79 Å². The Labute approximate surface area is 109 Å². The molecular formula is C12H9ClN4O. The van der Waals surface area contributed by atoms with E-state index >= 15 is 0 Å². The normalized spacial score (nSPS) is 11.8. The molecule has 1 heterocycles. The zero-order valence-electron chi connectivity index (χ0n) is 9.32. The fourth-order valence-electron chi connectivity index (χ4n) is 1.58. The van der Waals surface area contributed by atoms with Gasteiger partial charge in [-0.25, -0.2) is 0 Å². The molecule has 0 saturated carbocycles. The summed E-state index contributed by atoms with van der Waals surface area (Å²) in [6.07, 6.45) is 1.47. The molecule has 5 nitrogen and oxygen atoms in total. The smallest absolute Gasteiger partial charge is 0.172 e. The zero-order chi connectivity index (χ0) is 13.0. The van der Waals surface area contributed by atoms with Crippen molar-refractivity contribution < 1.29 is 4.79 Å². The van der Waals surface area contributed by atoms with E-state index < -0.39 is 5.92 Å². The molecule has 2 aromatic rings. The first-order chi connectivity index (χ1) is 8.77. The molecule has 90 valence electrons. The Balaban J connectivity index is 2.45. The first-order valence-electron chi connectivity index (χ1n) is 5.21. The number of halogens is 1. The Bertz CT molecular complexity index is 588. The van der Waals surface area contributed by atoms with Crippen molar-refractivity contribution in [3.63, 3.8) is 0 Å². The summed E-state index contributed by atoms with van der Waals surface area (Å²) in [5.41, 5.74) is 0.792. The molecule has 0 bridgehead atoms. The molecule has 0 aliphatic rings. The van der Waals surface area contributed by atoms with Crippen LogP contribution in [-0.2, 0) is 4.79 Å². The summed E-state index contributed by atoms with van der Waals surface area (Å²) in [4.78, 5) is 11.6. The van der Waals surface area contributed by atoms with Gasteiger partial charge in [0, 0.05) is 5.69 Å². The van der Waals surface area contributed by atoms with Gasteiger partial charge < -0.3 is 0 Å². The Morgan fingerprint density at radius 3 is 2.78 bits per heavy atom. The van der Waals surface area contributed by atoms with Crippen molar-refractivity contribution in [1.82, 2.24) is 14.8 Å². The maximum atomic E-state index is 11.6. The molecule has 0 unspecified atom stereocenters. The van der Waals surface area contributed by atoms with Crippen LogP contribution in [0.25, 0.3) is 5.69 Å². The number of nitrogens with zero attached hydrogens (tertiary/aromatic N) is 4. The van der Waals surface area contributed by atoms with Gasteiger partial charge in [0.2, 0.25) is 0 Å². The molecule has 0 radical (unpaired) electrons. The van der Waals surface area contributed by atoms with Crippen LogP contribution in [0.5, 0.6) is 0 Å². The van der Waals surface area contributed by atoms with Gasteiger partial charge in [-0.2, -0.15) is 5.26 Å². The van der Waals surface area contributed by atoms with Gasteiger partial charge in [0.15, 0.2) is 17.5 Å². The van der Waals surface area contributed by atoms with E-state index in [1.165, 1.54) is 6.33 Å². The lowest BCUT2D eigenvalue weighted by Crippen LogP contribution is -2.16. The van der Waals surface area contributed by atoms with E-state index in [1.54, 1.807) is 4.57 Å². The minimum Gasteiger partial charge on any atom is -0.296 e. The minimum atomic E-state index is -0.995. The fourth-order valence-corrected chi connectivity index (χ4v) is 1.73. The lowest BCUT2D eigenvalue weighted by Gasteiger charge is -2.08. The van der Waals surface area contributed by atoms with Crippen molar-refractivity contribution in [2.45, 2.75) is 5.92 Å². The van der Waals surface area contributed by atoms with Crippen LogP contribution in [0, 0.1) is 11.3 Å². The third-order valence-corrected chi connectivity index (χ3v) is 2.71. The summed E-state index contributed by atoms with van der Waals surface area (Å²) in [6, 6.07) is 11.2. The number of carbonyl (C=O) groups excluding carboxylic acids is 1. The number of hydrogen-bond acceptors (Lipinski definition) is 4. The van der Waals surface area contributed by atoms with Crippen LogP contribution in [-0.4, -0.2) is 26.4 Å². The summed E-state index contributed by atoms with van der Waals surface area (Å²) in [7, 11) is 0. The molecule has 6 heteroatoms. The second-order valence-corrected chi connectivity index (χ2v) is 3.82. The summed E-state index contributed by atoms with van der Waals surface area (Å²) >= 11 is 5.48. The van der Waals surface area contributed by atoms with E-state index in [-0.39, 0.29) is 17.5 Å². The number of para-hydroxylation sites is 1. The Hall–Kier alpha value is -2.19. The first kappa shape index (κ1) is 12.3. The van der Waals surface area contributed by atoms with Crippen molar-refractivity contribution in [3.8, 4) is 11.8 Å². The third kappa shape index (κ3) is 2.24. The molecule has 0 aliphatic carbocycles. The standard InChI is InChI=1S/C12H9ClN4O/c13-6-11(18)10(7-14)12-16-15-8-17(12)9-4-2-1-3-5-9/h1-5,8,10H,6H2/t10-/m1/s1. The quantitative estimate of drug-likeness (QED) is 0.784. The molecule has 1 aromatic carbocycles. The van der Waals surface area contributed by atoms with E-state index in [2.05, 4.69) is 10.2 Å². The van der Waals surface area contributed by atoms with Gasteiger partial charge in [-0.3, -0.25) is 9.36 Å². The summed E-state index contributed by atoms with van der Waals surface area (Å²) in [5.74, 6) is -1.32. The fraction of sp³-hybridized carbons (Fsp3) is 0.167. The van der Waals surface area contributed by atoms with E-state index in [0.29, 0.717) is 0 Å². The maximum absolute atomic E-state index is 11.6. The monoisotopic (exact) mass is 260 g/mol. The molecule has 0 amide bonds. The highest BCUT2D eigenvalue weighted by molar-refractivity contribution is 6.28.